The molecule has 0 spiro atoms. The Kier molecular flexibility index (Phi) is 3.70. The van der Waals surface area contributed by atoms with Gasteiger partial charge in [-0.1, -0.05) is 18.2 Å². The molecule has 124 valence electrons. The maximum atomic E-state index is 12.2. The van der Waals surface area contributed by atoms with Crippen LogP contribution in [-0.4, -0.2) is 26.3 Å². The van der Waals surface area contributed by atoms with Crippen molar-refractivity contribution in [2.24, 2.45) is 0 Å². The number of nitrogens with one attached hydrogen (secondary N) is 2. The summed E-state index contributed by atoms with van der Waals surface area (Å²) >= 11 is 0. The lowest BCUT2D eigenvalue weighted by Gasteiger charge is -2.15. The van der Waals surface area contributed by atoms with E-state index in [4.69, 9.17) is 0 Å². The first kappa shape index (κ1) is 15.0. The predicted octanol–water partition coefficient (Wildman–Crippen LogP) is 1.33. The van der Waals surface area contributed by atoms with Crippen LogP contribution in [0.1, 0.15) is 21.7 Å². The predicted molar refractivity (Wildman–Crippen MR) is 91.2 cm³/mol. The average Bonchev–Trinajstić information content (AvgIpc) is 3.06. The van der Waals surface area contributed by atoms with Gasteiger partial charge in [-0.15, -0.1) is 10.2 Å². The normalized spacial score (nSPS) is 12.7. The lowest BCUT2D eigenvalue weighted by Crippen LogP contribution is -2.19. The second kappa shape index (κ2) is 6.16. The van der Waals surface area contributed by atoms with Crippen molar-refractivity contribution in [2.75, 3.05) is 10.2 Å². The van der Waals surface area contributed by atoms with Gasteiger partial charge in [0.2, 0.25) is 0 Å². The number of rotatable bonds is 3. The van der Waals surface area contributed by atoms with Gasteiger partial charge in [-0.3, -0.25) is 9.59 Å². The topological polar surface area (TPSA) is 104 Å². The molecule has 4 rings (SSSR count). The van der Waals surface area contributed by atoms with E-state index in [-0.39, 0.29) is 17.2 Å². The maximum Gasteiger partial charge on any atom is 0.276 e. The van der Waals surface area contributed by atoms with Gasteiger partial charge >= 0.3 is 0 Å². The lowest BCUT2D eigenvalue weighted by atomic mass is 10.2. The third-order valence-corrected chi connectivity index (χ3v) is 3.92. The number of aromatic nitrogens is 4. The van der Waals surface area contributed by atoms with Gasteiger partial charge < -0.3 is 10.2 Å². The molecule has 0 radical (unpaired) electrons. The molecule has 1 aromatic carbocycles. The third kappa shape index (κ3) is 3.09. The minimum Gasteiger partial charge on any atom is -0.345 e. The van der Waals surface area contributed by atoms with E-state index < -0.39 is 0 Å². The Morgan fingerprint density at radius 2 is 1.92 bits per heavy atom. The molecule has 3 heterocycles. The summed E-state index contributed by atoms with van der Waals surface area (Å²) in [4.78, 5) is 25.5. The molecular weight excluding hydrogens is 320 g/mol. The Morgan fingerprint density at radius 3 is 2.68 bits per heavy atom. The fraction of sp³-hybridized carbons (Fsp3) is 0.118. The molecule has 2 N–H and O–H groups in total. The molecule has 0 saturated carbocycles. The first-order valence-corrected chi connectivity index (χ1v) is 7.71. The van der Waals surface area contributed by atoms with Crippen LogP contribution in [0.25, 0.3) is 0 Å². The Hall–Kier alpha value is -3.55. The number of carbonyl (C=O) groups is 1. The standard InChI is InChI=1S/C17H14N6O2/c24-16-8-11-9-23(10-14(11)20-22-16)15-7-6-13(19-21-15)17(25)18-12-4-2-1-3-5-12/h1-8H,9-10H2,(H,18,25)(H,22,24). The van der Waals surface area contributed by atoms with Crippen molar-refractivity contribution >= 4 is 17.4 Å². The molecule has 2 aromatic heterocycles. The first-order valence-electron chi connectivity index (χ1n) is 7.71. The van der Waals surface area contributed by atoms with Gasteiger partial charge in [0.1, 0.15) is 0 Å². The average molecular weight is 334 g/mol. The number of aromatic amines is 1. The van der Waals surface area contributed by atoms with Crippen molar-refractivity contribution in [1.29, 1.82) is 0 Å². The maximum absolute atomic E-state index is 12.2. The van der Waals surface area contributed by atoms with Gasteiger partial charge in [0.25, 0.3) is 11.5 Å². The number of hydrogen-bond acceptors (Lipinski definition) is 6. The van der Waals surface area contributed by atoms with Gasteiger partial charge in [-0.2, -0.15) is 5.10 Å². The summed E-state index contributed by atoms with van der Waals surface area (Å²) in [6.45, 7) is 1.08. The zero-order valence-electron chi connectivity index (χ0n) is 13.1. The van der Waals surface area contributed by atoms with Crippen LogP contribution in [0.2, 0.25) is 0 Å². The van der Waals surface area contributed by atoms with Crippen LogP contribution in [0.4, 0.5) is 11.5 Å². The number of anilines is 2. The van der Waals surface area contributed by atoms with Crippen LogP contribution in [0.5, 0.6) is 0 Å². The summed E-state index contributed by atoms with van der Waals surface area (Å²) in [5.74, 6) is 0.309. The smallest absolute Gasteiger partial charge is 0.276 e. The minimum absolute atomic E-state index is 0.223. The molecule has 0 saturated heterocycles. The number of fused-ring (bicyclic) bond motifs is 1. The molecular formula is C17H14N6O2. The van der Waals surface area contributed by atoms with Crippen LogP contribution in [-0.2, 0) is 13.1 Å². The molecule has 25 heavy (non-hydrogen) atoms. The first-order chi connectivity index (χ1) is 12.2. The van der Waals surface area contributed by atoms with E-state index in [1.807, 2.05) is 23.1 Å². The largest absolute Gasteiger partial charge is 0.345 e. The Balaban J connectivity index is 1.48. The fourth-order valence-corrected chi connectivity index (χ4v) is 2.68. The highest BCUT2D eigenvalue weighted by molar-refractivity contribution is 6.02. The third-order valence-electron chi connectivity index (χ3n) is 3.92. The number of benzene rings is 1. The van der Waals surface area contributed by atoms with Gasteiger partial charge in [0.05, 0.1) is 12.2 Å². The SMILES string of the molecule is O=C(Nc1ccccc1)c1ccc(N2Cc3cc(=O)[nH]nc3C2)nn1. The van der Waals surface area contributed by atoms with Gasteiger partial charge in [-0.05, 0) is 24.3 Å². The number of nitrogens with zero attached hydrogens (tertiary/aromatic N) is 4. The van der Waals surface area contributed by atoms with Crippen molar-refractivity contribution < 1.29 is 4.79 Å². The number of carbonyl (C=O) groups excluding carboxylic acids is 1. The quantitative estimate of drug-likeness (QED) is 0.749. The van der Waals surface area contributed by atoms with Gasteiger partial charge in [0.15, 0.2) is 11.5 Å². The number of para-hydroxylation sites is 1. The number of amides is 1. The Morgan fingerprint density at radius 1 is 1.08 bits per heavy atom. The van der Waals surface area contributed by atoms with Crippen LogP contribution in [0.3, 0.4) is 0 Å². The van der Waals surface area contributed by atoms with E-state index in [2.05, 4.69) is 25.7 Å². The highest BCUT2D eigenvalue weighted by atomic mass is 16.2. The van der Waals surface area contributed by atoms with Crippen LogP contribution >= 0.6 is 0 Å². The van der Waals surface area contributed by atoms with E-state index >= 15 is 0 Å². The minimum atomic E-state index is -0.317. The molecule has 0 aliphatic carbocycles. The van der Waals surface area contributed by atoms with E-state index in [9.17, 15) is 9.59 Å². The van der Waals surface area contributed by atoms with E-state index in [0.717, 1.165) is 11.3 Å². The summed E-state index contributed by atoms with van der Waals surface area (Å²) in [7, 11) is 0. The Bertz CT molecular complexity index is 968. The zero-order valence-corrected chi connectivity index (χ0v) is 13.1. The summed E-state index contributed by atoms with van der Waals surface area (Å²) in [5, 5.41) is 17.4. The van der Waals surface area contributed by atoms with Gasteiger partial charge in [-0.25, -0.2) is 5.10 Å². The van der Waals surface area contributed by atoms with E-state index in [0.29, 0.717) is 24.6 Å². The Labute approximate surface area is 142 Å². The second-order valence-electron chi connectivity index (χ2n) is 5.66. The van der Waals surface area contributed by atoms with E-state index in [1.54, 1.807) is 24.3 Å². The summed E-state index contributed by atoms with van der Waals surface area (Å²) < 4.78 is 0. The van der Waals surface area contributed by atoms with Crippen LogP contribution in [0, 0.1) is 0 Å². The molecule has 8 nitrogen and oxygen atoms in total. The van der Waals surface area contributed by atoms with E-state index in [1.165, 1.54) is 6.07 Å². The summed E-state index contributed by atoms with van der Waals surface area (Å²) in [6, 6.07) is 14.1. The van der Waals surface area contributed by atoms with Crippen molar-refractivity contribution in [2.45, 2.75) is 13.1 Å². The van der Waals surface area contributed by atoms with Crippen molar-refractivity contribution in [3.8, 4) is 0 Å². The fourth-order valence-electron chi connectivity index (χ4n) is 2.68. The molecule has 0 bridgehead atoms. The van der Waals surface area contributed by atoms with Gasteiger partial charge in [0, 0.05) is 23.9 Å². The molecule has 0 atom stereocenters. The molecule has 1 aliphatic rings. The van der Waals surface area contributed by atoms with Crippen LogP contribution in [0.15, 0.2) is 53.3 Å². The molecule has 0 fully saturated rings. The number of H-pyrrole nitrogens is 1. The molecule has 3 aromatic rings. The molecule has 1 amide bonds. The van der Waals surface area contributed by atoms with Crippen molar-refractivity contribution in [3.63, 3.8) is 0 Å². The summed E-state index contributed by atoms with van der Waals surface area (Å²) in [6.07, 6.45) is 0. The van der Waals surface area contributed by atoms with Crippen LogP contribution < -0.4 is 15.8 Å². The molecule has 0 unspecified atom stereocenters. The summed E-state index contributed by atoms with van der Waals surface area (Å²) in [5.41, 5.74) is 2.39. The molecule has 1 aliphatic heterocycles. The highest BCUT2D eigenvalue weighted by Gasteiger charge is 2.22. The van der Waals surface area contributed by atoms with Crippen molar-refractivity contribution in [3.05, 3.63) is 75.8 Å². The zero-order chi connectivity index (χ0) is 17.2. The number of hydrogen-bond donors (Lipinski definition) is 2. The van der Waals surface area contributed by atoms with Crippen molar-refractivity contribution in [1.82, 2.24) is 20.4 Å². The molecule has 8 heteroatoms. The lowest BCUT2D eigenvalue weighted by molar-refractivity contribution is 0.102. The monoisotopic (exact) mass is 334 g/mol. The highest BCUT2D eigenvalue weighted by Crippen LogP contribution is 2.23. The second-order valence-corrected chi connectivity index (χ2v) is 5.66.